The molecule has 1 aliphatic rings. The highest BCUT2D eigenvalue weighted by Crippen LogP contribution is 2.28. The Morgan fingerprint density at radius 3 is 2.55 bits per heavy atom. The lowest BCUT2D eigenvalue weighted by Crippen LogP contribution is -2.21. The molecule has 5 heteroatoms. The fourth-order valence-electron chi connectivity index (χ4n) is 2.65. The molecular formula is C17H25BrN4. The van der Waals surface area contributed by atoms with Gasteiger partial charge in [0.2, 0.25) is 5.95 Å². The van der Waals surface area contributed by atoms with Crippen molar-refractivity contribution in [1.29, 1.82) is 0 Å². The summed E-state index contributed by atoms with van der Waals surface area (Å²) in [7, 11) is 4.18. The van der Waals surface area contributed by atoms with E-state index in [0.717, 1.165) is 24.0 Å². The SMILES string of the molecule is CN(C)CCC#C[C@H]1CC[C@H](CNc2ncc(Br)cn2)CC1. The molecule has 0 aliphatic heterocycles. The Morgan fingerprint density at radius 1 is 1.23 bits per heavy atom. The van der Waals surface area contributed by atoms with Gasteiger partial charge in [0.1, 0.15) is 0 Å². The van der Waals surface area contributed by atoms with Crippen LogP contribution >= 0.6 is 15.9 Å². The van der Waals surface area contributed by atoms with Gasteiger partial charge in [-0.25, -0.2) is 9.97 Å². The van der Waals surface area contributed by atoms with E-state index in [4.69, 9.17) is 0 Å². The molecule has 4 nitrogen and oxygen atoms in total. The van der Waals surface area contributed by atoms with Crippen molar-refractivity contribution in [2.45, 2.75) is 32.1 Å². The second kappa shape index (κ2) is 9.12. The Morgan fingerprint density at radius 2 is 1.91 bits per heavy atom. The van der Waals surface area contributed by atoms with Crippen LogP contribution in [-0.4, -0.2) is 42.1 Å². The normalized spacial score (nSPS) is 21.3. The molecule has 2 rings (SSSR count). The summed E-state index contributed by atoms with van der Waals surface area (Å²) in [6.07, 6.45) is 9.47. The Labute approximate surface area is 142 Å². The van der Waals surface area contributed by atoms with Crippen LogP contribution in [0.25, 0.3) is 0 Å². The molecule has 1 N–H and O–H groups in total. The molecule has 0 radical (unpaired) electrons. The third-order valence-electron chi connectivity index (χ3n) is 4.01. The molecule has 1 saturated carbocycles. The van der Waals surface area contributed by atoms with Crippen molar-refractivity contribution in [1.82, 2.24) is 14.9 Å². The van der Waals surface area contributed by atoms with Crippen molar-refractivity contribution in [3.63, 3.8) is 0 Å². The highest BCUT2D eigenvalue weighted by Gasteiger charge is 2.19. The summed E-state index contributed by atoms with van der Waals surface area (Å²) in [5.74, 6) is 8.81. The zero-order valence-electron chi connectivity index (χ0n) is 13.5. The summed E-state index contributed by atoms with van der Waals surface area (Å²) in [6.45, 7) is 2.02. The fraction of sp³-hybridized carbons (Fsp3) is 0.647. The molecule has 0 aromatic carbocycles. The largest absolute Gasteiger partial charge is 0.354 e. The Balaban J connectivity index is 1.65. The molecule has 0 atom stereocenters. The van der Waals surface area contributed by atoms with Gasteiger partial charge in [-0.3, -0.25) is 0 Å². The van der Waals surface area contributed by atoms with Gasteiger partial charge < -0.3 is 10.2 Å². The number of hydrogen-bond donors (Lipinski definition) is 1. The number of nitrogens with zero attached hydrogens (tertiary/aromatic N) is 3. The molecule has 1 aromatic heterocycles. The van der Waals surface area contributed by atoms with Crippen molar-refractivity contribution >= 4 is 21.9 Å². The molecule has 1 fully saturated rings. The lowest BCUT2D eigenvalue weighted by atomic mass is 9.82. The van der Waals surface area contributed by atoms with Crippen molar-refractivity contribution < 1.29 is 0 Å². The summed E-state index contributed by atoms with van der Waals surface area (Å²) in [6, 6.07) is 0. The predicted octanol–water partition coefficient (Wildman–Crippen LogP) is 3.41. The van der Waals surface area contributed by atoms with Gasteiger partial charge in [0.15, 0.2) is 0 Å². The third kappa shape index (κ3) is 6.33. The van der Waals surface area contributed by atoms with E-state index in [1.54, 1.807) is 12.4 Å². The summed E-state index contributed by atoms with van der Waals surface area (Å²) in [4.78, 5) is 10.7. The van der Waals surface area contributed by atoms with Gasteiger partial charge >= 0.3 is 0 Å². The summed E-state index contributed by atoms with van der Waals surface area (Å²) < 4.78 is 0.909. The zero-order valence-corrected chi connectivity index (χ0v) is 15.1. The lowest BCUT2D eigenvalue weighted by Gasteiger charge is -2.25. The van der Waals surface area contributed by atoms with E-state index < -0.39 is 0 Å². The van der Waals surface area contributed by atoms with Crippen LogP contribution in [0, 0.1) is 23.7 Å². The minimum atomic E-state index is 0.599. The van der Waals surface area contributed by atoms with Crippen molar-refractivity contribution in [2.24, 2.45) is 11.8 Å². The summed E-state index contributed by atoms with van der Waals surface area (Å²) >= 11 is 3.35. The first kappa shape index (κ1) is 17.2. The van der Waals surface area contributed by atoms with Gasteiger partial charge in [-0.15, -0.1) is 5.92 Å². The topological polar surface area (TPSA) is 41.0 Å². The van der Waals surface area contributed by atoms with Crippen molar-refractivity contribution in [3.8, 4) is 11.8 Å². The van der Waals surface area contributed by atoms with E-state index >= 15 is 0 Å². The van der Waals surface area contributed by atoms with Gasteiger partial charge in [-0.1, -0.05) is 5.92 Å². The molecule has 1 aliphatic carbocycles. The summed E-state index contributed by atoms with van der Waals surface area (Å²) in [5, 5.41) is 3.34. The van der Waals surface area contributed by atoms with Crippen LogP contribution in [0.2, 0.25) is 0 Å². The lowest BCUT2D eigenvalue weighted by molar-refractivity contribution is 0.328. The van der Waals surface area contributed by atoms with Crippen molar-refractivity contribution in [3.05, 3.63) is 16.9 Å². The Kier molecular flexibility index (Phi) is 7.14. The van der Waals surface area contributed by atoms with E-state index in [-0.39, 0.29) is 0 Å². The van der Waals surface area contributed by atoms with Crippen LogP contribution in [0.15, 0.2) is 16.9 Å². The van der Waals surface area contributed by atoms with Gasteiger partial charge in [0, 0.05) is 37.8 Å². The van der Waals surface area contributed by atoms with Crippen LogP contribution in [0.1, 0.15) is 32.1 Å². The maximum Gasteiger partial charge on any atom is 0.222 e. The molecule has 0 spiro atoms. The number of rotatable bonds is 5. The molecule has 0 amide bonds. The van der Waals surface area contributed by atoms with E-state index in [1.165, 1.54) is 25.7 Å². The molecule has 0 unspecified atom stereocenters. The van der Waals surface area contributed by atoms with E-state index in [2.05, 4.69) is 62.1 Å². The Hall–Kier alpha value is -1.12. The van der Waals surface area contributed by atoms with Crippen LogP contribution in [0.3, 0.4) is 0 Å². The summed E-state index contributed by atoms with van der Waals surface area (Å²) in [5.41, 5.74) is 0. The quantitative estimate of drug-likeness (QED) is 0.812. The number of halogens is 1. The predicted molar refractivity (Wildman–Crippen MR) is 94.6 cm³/mol. The third-order valence-corrected chi connectivity index (χ3v) is 4.42. The van der Waals surface area contributed by atoms with Crippen LogP contribution in [0.4, 0.5) is 5.95 Å². The van der Waals surface area contributed by atoms with Crippen molar-refractivity contribution in [2.75, 3.05) is 32.5 Å². The average Bonchev–Trinajstić information content (AvgIpc) is 2.52. The maximum absolute atomic E-state index is 4.25. The second-order valence-electron chi connectivity index (χ2n) is 6.20. The van der Waals surface area contributed by atoms with Gasteiger partial charge in [0.25, 0.3) is 0 Å². The number of anilines is 1. The highest BCUT2D eigenvalue weighted by atomic mass is 79.9. The van der Waals surface area contributed by atoms with Gasteiger partial charge in [0.05, 0.1) is 4.47 Å². The first-order valence-electron chi connectivity index (χ1n) is 7.98. The van der Waals surface area contributed by atoms with E-state index in [1.807, 2.05) is 0 Å². The van der Waals surface area contributed by atoms with Crippen LogP contribution < -0.4 is 5.32 Å². The van der Waals surface area contributed by atoms with Gasteiger partial charge in [-0.05, 0) is 61.6 Å². The van der Waals surface area contributed by atoms with Crippen LogP contribution in [-0.2, 0) is 0 Å². The first-order chi connectivity index (χ1) is 10.6. The number of hydrogen-bond acceptors (Lipinski definition) is 4. The van der Waals surface area contributed by atoms with Crippen LogP contribution in [0.5, 0.6) is 0 Å². The second-order valence-corrected chi connectivity index (χ2v) is 7.11. The minimum Gasteiger partial charge on any atom is -0.354 e. The van der Waals surface area contributed by atoms with E-state index in [9.17, 15) is 0 Å². The monoisotopic (exact) mass is 364 g/mol. The standard InChI is InChI=1S/C17H25BrN4/c1-22(2)10-4-3-5-14-6-8-15(9-7-14)11-19-17-20-12-16(18)13-21-17/h12-15H,4,6-11H2,1-2H3,(H,19,20,21)/t14-,15-. The molecule has 120 valence electrons. The Bertz CT molecular complexity index is 496. The fourth-order valence-corrected chi connectivity index (χ4v) is 2.85. The molecule has 22 heavy (non-hydrogen) atoms. The maximum atomic E-state index is 4.25. The smallest absolute Gasteiger partial charge is 0.222 e. The van der Waals surface area contributed by atoms with E-state index in [0.29, 0.717) is 17.8 Å². The highest BCUT2D eigenvalue weighted by molar-refractivity contribution is 9.10. The zero-order chi connectivity index (χ0) is 15.8. The molecule has 1 heterocycles. The van der Waals surface area contributed by atoms with Gasteiger partial charge in [-0.2, -0.15) is 0 Å². The minimum absolute atomic E-state index is 0.599. The molecule has 1 aromatic rings. The average molecular weight is 365 g/mol. The molecule has 0 bridgehead atoms. The molecular weight excluding hydrogens is 340 g/mol. The number of aromatic nitrogens is 2. The first-order valence-corrected chi connectivity index (χ1v) is 8.77. The number of nitrogens with one attached hydrogen (secondary N) is 1. The molecule has 0 saturated heterocycles.